The molecule has 4 heteroatoms. The van der Waals surface area contributed by atoms with Crippen molar-refractivity contribution in [3.63, 3.8) is 0 Å². The smallest absolute Gasteiger partial charge is 0.237 e. The minimum Gasteiger partial charge on any atom is -0.368 e. The number of rotatable bonds is 2. The van der Waals surface area contributed by atoms with Crippen LogP contribution in [0.25, 0.3) is 0 Å². The maximum absolute atomic E-state index is 11.6. The van der Waals surface area contributed by atoms with Crippen LogP contribution in [0, 0.1) is 5.92 Å². The van der Waals surface area contributed by atoms with Gasteiger partial charge >= 0.3 is 0 Å². The number of primary amides is 1. The fourth-order valence-electron chi connectivity index (χ4n) is 2.32. The summed E-state index contributed by atoms with van der Waals surface area (Å²) in [5.41, 5.74) is 5.10. The molecule has 0 aromatic carbocycles. The highest BCUT2D eigenvalue weighted by molar-refractivity contribution is 5.86. The second-order valence-electron chi connectivity index (χ2n) is 3.95. The molecule has 2 atom stereocenters. The molecule has 2 amide bonds. The van der Waals surface area contributed by atoms with E-state index in [1.165, 1.54) is 0 Å². The average molecular weight is 194 g/mol. The Morgan fingerprint density at radius 2 is 2.43 bits per heavy atom. The Morgan fingerprint density at radius 3 is 3.14 bits per heavy atom. The first-order valence-electron chi connectivity index (χ1n) is 4.93. The zero-order chi connectivity index (χ0) is 10.1. The van der Waals surface area contributed by atoms with Gasteiger partial charge in [0.1, 0.15) is 0 Å². The van der Waals surface area contributed by atoms with Crippen molar-refractivity contribution in [3.05, 3.63) is 12.2 Å². The molecule has 1 heterocycles. The number of allylic oxidation sites excluding steroid dienone is 1. The first-order valence-corrected chi connectivity index (χ1v) is 4.93. The number of carbonyl (C=O) groups is 2. The van der Waals surface area contributed by atoms with E-state index in [1.807, 2.05) is 6.08 Å². The Kier molecular flexibility index (Phi) is 2.27. The molecule has 0 radical (unpaired) electrons. The van der Waals surface area contributed by atoms with Gasteiger partial charge in [-0.05, 0) is 18.8 Å². The fraction of sp³-hybridized carbons (Fsp3) is 0.600. The molecule has 0 spiro atoms. The van der Waals surface area contributed by atoms with Crippen LogP contribution in [0.15, 0.2) is 12.2 Å². The van der Waals surface area contributed by atoms with Gasteiger partial charge in [-0.1, -0.05) is 12.2 Å². The average Bonchev–Trinajstić information content (AvgIpc) is 2.43. The summed E-state index contributed by atoms with van der Waals surface area (Å²) in [5, 5.41) is 0. The number of likely N-dealkylation sites (tertiary alicyclic amines) is 1. The van der Waals surface area contributed by atoms with Crippen molar-refractivity contribution < 1.29 is 9.59 Å². The van der Waals surface area contributed by atoms with E-state index >= 15 is 0 Å². The molecule has 0 aromatic heterocycles. The Hall–Kier alpha value is -1.32. The molecule has 0 bridgehead atoms. The van der Waals surface area contributed by atoms with Crippen molar-refractivity contribution in [2.45, 2.75) is 25.3 Å². The van der Waals surface area contributed by atoms with Crippen molar-refractivity contribution in [1.29, 1.82) is 0 Å². The van der Waals surface area contributed by atoms with E-state index in [4.69, 9.17) is 5.73 Å². The van der Waals surface area contributed by atoms with E-state index < -0.39 is 5.91 Å². The van der Waals surface area contributed by atoms with E-state index in [-0.39, 0.29) is 18.5 Å². The van der Waals surface area contributed by atoms with Crippen LogP contribution >= 0.6 is 0 Å². The number of amides is 2. The Balaban J connectivity index is 2.14. The van der Waals surface area contributed by atoms with Crippen LogP contribution in [0.5, 0.6) is 0 Å². The molecule has 1 fully saturated rings. The molecular formula is C10H14N2O2. The number of hydrogen-bond acceptors (Lipinski definition) is 2. The number of hydrogen-bond donors (Lipinski definition) is 1. The molecule has 1 aliphatic heterocycles. The lowest BCUT2D eigenvalue weighted by molar-refractivity contribution is -0.132. The van der Waals surface area contributed by atoms with E-state index in [0.717, 1.165) is 12.8 Å². The maximum Gasteiger partial charge on any atom is 0.237 e. The number of carbonyl (C=O) groups excluding carboxylic acids is 2. The monoisotopic (exact) mass is 194 g/mol. The largest absolute Gasteiger partial charge is 0.368 e. The predicted molar refractivity (Wildman–Crippen MR) is 51.2 cm³/mol. The molecule has 2 aliphatic rings. The van der Waals surface area contributed by atoms with Crippen molar-refractivity contribution in [2.75, 3.05) is 6.54 Å². The lowest BCUT2D eigenvalue weighted by Gasteiger charge is -2.26. The number of nitrogens with zero attached hydrogens (tertiary/aromatic N) is 1. The van der Waals surface area contributed by atoms with E-state index in [9.17, 15) is 9.59 Å². The summed E-state index contributed by atoms with van der Waals surface area (Å²) in [7, 11) is 0. The van der Waals surface area contributed by atoms with Gasteiger partial charge < -0.3 is 10.6 Å². The van der Waals surface area contributed by atoms with Crippen molar-refractivity contribution in [2.24, 2.45) is 11.7 Å². The normalized spacial score (nSPS) is 30.6. The lowest BCUT2D eigenvalue weighted by Crippen LogP contribution is -2.40. The predicted octanol–water partition coefficient (Wildman–Crippen LogP) is 0.0388. The molecule has 2 rings (SSSR count). The van der Waals surface area contributed by atoms with E-state index in [1.54, 1.807) is 4.90 Å². The first-order chi connectivity index (χ1) is 6.68. The van der Waals surface area contributed by atoms with Gasteiger partial charge in [-0.2, -0.15) is 0 Å². The molecule has 14 heavy (non-hydrogen) atoms. The van der Waals surface area contributed by atoms with Crippen LogP contribution in [0.4, 0.5) is 0 Å². The molecular weight excluding hydrogens is 180 g/mol. The molecule has 2 N–H and O–H groups in total. The van der Waals surface area contributed by atoms with Gasteiger partial charge in [0.25, 0.3) is 0 Å². The van der Waals surface area contributed by atoms with Gasteiger partial charge in [0.05, 0.1) is 12.6 Å². The van der Waals surface area contributed by atoms with E-state index in [2.05, 4.69) is 6.08 Å². The summed E-state index contributed by atoms with van der Waals surface area (Å²) in [5.74, 6) is 0.0233. The SMILES string of the molecule is NC(=O)CN1C(=O)C[C@@H]2CCC=C[C@H]21. The third-order valence-corrected chi connectivity index (χ3v) is 2.96. The van der Waals surface area contributed by atoms with Crippen LogP contribution in [-0.2, 0) is 9.59 Å². The van der Waals surface area contributed by atoms with Crippen LogP contribution in [0.3, 0.4) is 0 Å². The first kappa shape index (κ1) is 9.24. The molecule has 0 aromatic rings. The van der Waals surface area contributed by atoms with Gasteiger partial charge in [-0.15, -0.1) is 0 Å². The highest BCUT2D eigenvalue weighted by Gasteiger charge is 2.39. The summed E-state index contributed by atoms with van der Waals surface area (Å²) in [6.45, 7) is 0.0599. The fourth-order valence-corrected chi connectivity index (χ4v) is 2.32. The van der Waals surface area contributed by atoms with Crippen molar-refractivity contribution >= 4 is 11.8 Å². The van der Waals surface area contributed by atoms with Crippen LogP contribution in [0.1, 0.15) is 19.3 Å². The van der Waals surface area contributed by atoms with E-state index in [0.29, 0.717) is 12.3 Å². The second kappa shape index (κ2) is 3.44. The Morgan fingerprint density at radius 1 is 1.64 bits per heavy atom. The zero-order valence-electron chi connectivity index (χ0n) is 7.98. The number of fused-ring (bicyclic) bond motifs is 1. The quantitative estimate of drug-likeness (QED) is 0.631. The molecule has 0 unspecified atom stereocenters. The molecule has 1 saturated heterocycles. The van der Waals surface area contributed by atoms with Crippen LogP contribution in [0.2, 0.25) is 0 Å². The summed E-state index contributed by atoms with van der Waals surface area (Å²) < 4.78 is 0. The maximum atomic E-state index is 11.6. The van der Waals surface area contributed by atoms with Crippen molar-refractivity contribution in [3.8, 4) is 0 Å². The summed E-state index contributed by atoms with van der Waals surface area (Å²) in [6.07, 6.45) is 6.76. The van der Waals surface area contributed by atoms with Gasteiger partial charge in [0.15, 0.2) is 0 Å². The van der Waals surface area contributed by atoms with Gasteiger partial charge in [-0.3, -0.25) is 9.59 Å². The number of nitrogens with two attached hydrogens (primary N) is 1. The highest BCUT2D eigenvalue weighted by atomic mass is 16.2. The Bertz CT molecular complexity index is 298. The van der Waals surface area contributed by atoms with Gasteiger partial charge in [0, 0.05) is 6.42 Å². The van der Waals surface area contributed by atoms with Crippen LogP contribution in [-0.4, -0.2) is 29.3 Å². The third-order valence-electron chi connectivity index (χ3n) is 2.96. The molecule has 4 nitrogen and oxygen atoms in total. The van der Waals surface area contributed by atoms with Crippen molar-refractivity contribution in [1.82, 2.24) is 4.90 Å². The van der Waals surface area contributed by atoms with Gasteiger partial charge in [0.2, 0.25) is 11.8 Å². The minimum atomic E-state index is -0.432. The summed E-state index contributed by atoms with van der Waals surface area (Å²) >= 11 is 0. The highest BCUT2D eigenvalue weighted by Crippen LogP contribution is 2.32. The Labute approximate surface area is 82.7 Å². The lowest BCUT2D eigenvalue weighted by atomic mass is 9.90. The zero-order valence-corrected chi connectivity index (χ0v) is 7.98. The standard InChI is InChI=1S/C10H14N2O2/c11-9(13)6-12-8-4-2-1-3-7(8)5-10(12)14/h2,4,7-8H,1,3,5-6H2,(H2,11,13)/t7-,8+/m0/s1. The third kappa shape index (κ3) is 1.52. The van der Waals surface area contributed by atoms with Crippen LogP contribution < -0.4 is 5.73 Å². The molecule has 1 aliphatic carbocycles. The second-order valence-corrected chi connectivity index (χ2v) is 3.95. The minimum absolute atomic E-state index is 0.0599. The topological polar surface area (TPSA) is 63.4 Å². The molecule has 0 saturated carbocycles. The summed E-state index contributed by atoms with van der Waals surface area (Å²) in [4.78, 5) is 23.9. The van der Waals surface area contributed by atoms with Gasteiger partial charge in [-0.25, -0.2) is 0 Å². The summed E-state index contributed by atoms with van der Waals surface area (Å²) in [6, 6.07) is 0.115. The molecule has 76 valence electrons.